The first-order valence-corrected chi connectivity index (χ1v) is 12.3. The maximum absolute atomic E-state index is 10.5. The molecule has 5 nitrogen and oxygen atoms in total. The molecular weight excluding hydrogens is 448 g/mol. The molecule has 1 N–H and O–H groups in total. The van der Waals surface area contributed by atoms with Gasteiger partial charge in [0.05, 0.1) is 12.2 Å². The lowest BCUT2D eigenvalue weighted by molar-refractivity contribution is -0.0785. The largest absolute Gasteiger partial charge is 0.438 e. The van der Waals surface area contributed by atoms with Crippen LogP contribution in [0.3, 0.4) is 0 Å². The molecule has 34 heavy (non-hydrogen) atoms. The maximum atomic E-state index is 10.5. The first-order valence-electron chi connectivity index (χ1n) is 11.9. The Kier molecular flexibility index (Phi) is 5.66. The van der Waals surface area contributed by atoms with E-state index in [1.807, 2.05) is 42.5 Å². The van der Waals surface area contributed by atoms with E-state index in [1.165, 1.54) is 11.1 Å². The third-order valence-corrected chi connectivity index (χ3v) is 7.51. The molecule has 1 aromatic heterocycles. The second-order valence-electron chi connectivity index (χ2n) is 9.29. The van der Waals surface area contributed by atoms with Crippen LogP contribution in [0.2, 0.25) is 5.02 Å². The number of halogens is 1. The van der Waals surface area contributed by atoms with Crippen molar-refractivity contribution in [3.8, 4) is 5.88 Å². The van der Waals surface area contributed by atoms with Crippen molar-refractivity contribution in [3.05, 3.63) is 100.0 Å². The van der Waals surface area contributed by atoms with Crippen LogP contribution < -0.4 is 4.74 Å². The number of hydrogen-bond acceptors (Lipinski definition) is 5. The highest BCUT2D eigenvalue weighted by Crippen LogP contribution is 2.45. The summed E-state index contributed by atoms with van der Waals surface area (Å²) in [5, 5.41) is 11.3. The number of ether oxygens (including phenoxy) is 2. The zero-order valence-electron chi connectivity index (χ0n) is 18.9. The van der Waals surface area contributed by atoms with Crippen molar-refractivity contribution in [1.29, 1.82) is 0 Å². The number of aliphatic hydroxyl groups excluding tert-OH is 1. The molecule has 0 saturated carbocycles. The average Bonchev–Trinajstić information content (AvgIpc) is 3.09. The van der Waals surface area contributed by atoms with Gasteiger partial charge >= 0.3 is 0 Å². The third-order valence-electron chi connectivity index (χ3n) is 7.28. The van der Waals surface area contributed by atoms with Crippen molar-refractivity contribution < 1.29 is 14.6 Å². The van der Waals surface area contributed by atoms with E-state index in [-0.39, 0.29) is 5.60 Å². The SMILES string of the molecule is OC1C=CC=C2Oc3ncccc3C(=CCCN3CCC4(CC3)OCc3cc(Cl)ccc34)C=C21. The van der Waals surface area contributed by atoms with Crippen LogP contribution in [0.5, 0.6) is 5.88 Å². The minimum Gasteiger partial charge on any atom is -0.438 e. The number of likely N-dealkylation sites (tertiary alicyclic amines) is 1. The van der Waals surface area contributed by atoms with Gasteiger partial charge in [-0.1, -0.05) is 35.9 Å². The Morgan fingerprint density at radius 3 is 3.00 bits per heavy atom. The monoisotopic (exact) mass is 474 g/mol. The molecule has 1 spiro atoms. The fourth-order valence-electron chi connectivity index (χ4n) is 5.43. The van der Waals surface area contributed by atoms with E-state index < -0.39 is 6.10 Å². The number of benzene rings is 1. The van der Waals surface area contributed by atoms with E-state index >= 15 is 0 Å². The fraction of sp³-hybridized carbons (Fsp3) is 0.321. The molecule has 0 amide bonds. The molecule has 0 radical (unpaired) electrons. The number of nitrogens with zero attached hydrogens (tertiary/aromatic N) is 2. The molecule has 1 atom stereocenters. The standard InChI is InChI=1S/C28H27ClN2O3/c29-21-8-9-24-20(16-21)18-33-28(24)10-14-31(15-11-28)13-3-4-19-17-23-25(32)6-1-7-26(23)34-27-22(19)5-2-12-30-27/h1-2,4-9,12,16-17,25,32H,3,10-11,13-15,18H2. The van der Waals surface area contributed by atoms with Crippen molar-refractivity contribution in [1.82, 2.24) is 9.88 Å². The van der Waals surface area contributed by atoms with Crippen LogP contribution in [0.4, 0.5) is 0 Å². The van der Waals surface area contributed by atoms with E-state index in [9.17, 15) is 5.11 Å². The Bertz CT molecular complexity index is 1240. The van der Waals surface area contributed by atoms with E-state index in [0.29, 0.717) is 18.2 Å². The van der Waals surface area contributed by atoms with Crippen molar-refractivity contribution >= 4 is 17.2 Å². The molecule has 1 unspecified atom stereocenters. The molecular formula is C28H27ClN2O3. The summed E-state index contributed by atoms with van der Waals surface area (Å²) in [6.07, 6.45) is 13.7. The normalized spacial score (nSPS) is 24.1. The molecule has 0 bridgehead atoms. The summed E-state index contributed by atoms with van der Waals surface area (Å²) in [4.78, 5) is 6.94. The van der Waals surface area contributed by atoms with Gasteiger partial charge in [-0.15, -0.1) is 0 Å². The summed E-state index contributed by atoms with van der Waals surface area (Å²) in [6, 6.07) is 10.1. The number of fused-ring (bicyclic) bond motifs is 4. The van der Waals surface area contributed by atoms with Crippen LogP contribution in [0.25, 0.3) is 5.57 Å². The second-order valence-corrected chi connectivity index (χ2v) is 9.73. The summed E-state index contributed by atoms with van der Waals surface area (Å²) in [6.45, 7) is 3.63. The minimum atomic E-state index is -0.680. The Morgan fingerprint density at radius 1 is 1.24 bits per heavy atom. The van der Waals surface area contributed by atoms with Crippen molar-refractivity contribution in [2.45, 2.75) is 37.6 Å². The van der Waals surface area contributed by atoms with Gasteiger partial charge in [0, 0.05) is 42.0 Å². The van der Waals surface area contributed by atoms with Gasteiger partial charge in [0.2, 0.25) is 5.88 Å². The van der Waals surface area contributed by atoms with Gasteiger partial charge in [0.1, 0.15) is 11.9 Å². The summed E-state index contributed by atoms with van der Waals surface area (Å²) in [5.74, 6) is 1.23. The van der Waals surface area contributed by atoms with Crippen LogP contribution >= 0.6 is 11.6 Å². The van der Waals surface area contributed by atoms with Gasteiger partial charge in [0.15, 0.2) is 0 Å². The summed E-state index contributed by atoms with van der Waals surface area (Å²) in [7, 11) is 0. The summed E-state index contributed by atoms with van der Waals surface area (Å²) >= 11 is 6.18. The molecule has 1 aromatic carbocycles. The van der Waals surface area contributed by atoms with Gasteiger partial charge < -0.3 is 19.5 Å². The number of piperidine rings is 1. The van der Waals surface area contributed by atoms with E-state index in [1.54, 1.807) is 12.3 Å². The Balaban J connectivity index is 1.16. The van der Waals surface area contributed by atoms with Crippen LogP contribution in [0.15, 0.2) is 78.2 Å². The van der Waals surface area contributed by atoms with Crippen molar-refractivity contribution in [3.63, 3.8) is 0 Å². The van der Waals surface area contributed by atoms with Gasteiger partial charge in [-0.3, -0.25) is 0 Å². The second kappa shape index (κ2) is 8.82. The summed E-state index contributed by atoms with van der Waals surface area (Å²) in [5.41, 5.74) is 5.14. The van der Waals surface area contributed by atoms with Gasteiger partial charge in [-0.2, -0.15) is 0 Å². The zero-order chi connectivity index (χ0) is 23.1. The first-order chi connectivity index (χ1) is 16.6. The van der Waals surface area contributed by atoms with Gasteiger partial charge in [-0.25, -0.2) is 4.98 Å². The number of pyridine rings is 1. The van der Waals surface area contributed by atoms with E-state index in [4.69, 9.17) is 21.1 Å². The predicted molar refractivity (Wildman–Crippen MR) is 132 cm³/mol. The van der Waals surface area contributed by atoms with Crippen LogP contribution in [0, 0.1) is 0 Å². The maximum Gasteiger partial charge on any atom is 0.227 e. The highest BCUT2D eigenvalue weighted by atomic mass is 35.5. The van der Waals surface area contributed by atoms with Gasteiger partial charge in [0.25, 0.3) is 0 Å². The number of allylic oxidation sites excluding steroid dienone is 4. The quantitative estimate of drug-likeness (QED) is 0.665. The summed E-state index contributed by atoms with van der Waals surface area (Å²) < 4.78 is 12.4. The number of rotatable bonds is 3. The highest BCUT2D eigenvalue weighted by molar-refractivity contribution is 6.30. The lowest BCUT2D eigenvalue weighted by Crippen LogP contribution is -2.42. The van der Waals surface area contributed by atoms with Crippen molar-refractivity contribution in [2.75, 3.05) is 19.6 Å². The Labute approximate surface area is 204 Å². The Morgan fingerprint density at radius 2 is 2.12 bits per heavy atom. The molecule has 1 aliphatic carbocycles. The minimum absolute atomic E-state index is 0.157. The van der Waals surface area contributed by atoms with E-state index in [2.05, 4.69) is 22.0 Å². The van der Waals surface area contributed by atoms with Gasteiger partial charge in [-0.05, 0) is 72.4 Å². The lowest BCUT2D eigenvalue weighted by Gasteiger charge is -2.39. The zero-order valence-corrected chi connectivity index (χ0v) is 19.7. The molecule has 4 heterocycles. The van der Waals surface area contributed by atoms with Crippen molar-refractivity contribution in [2.24, 2.45) is 0 Å². The first kappa shape index (κ1) is 21.8. The lowest BCUT2D eigenvalue weighted by atomic mass is 9.84. The number of hydrogen-bond donors (Lipinski definition) is 1. The molecule has 4 aliphatic rings. The topological polar surface area (TPSA) is 54.8 Å². The number of aromatic nitrogens is 1. The molecule has 1 saturated heterocycles. The smallest absolute Gasteiger partial charge is 0.227 e. The highest BCUT2D eigenvalue weighted by Gasteiger charge is 2.42. The predicted octanol–water partition coefficient (Wildman–Crippen LogP) is 5.16. The van der Waals surface area contributed by atoms with Crippen LogP contribution in [-0.2, 0) is 16.9 Å². The molecule has 6 rings (SSSR count). The molecule has 1 fully saturated rings. The third kappa shape index (κ3) is 3.93. The molecule has 2 aromatic rings. The number of aliphatic hydroxyl groups is 1. The van der Waals surface area contributed by atoms with E-state index in [0.717, 1.165) is 60.6 Å². The molecule has 6 heteroatoms. The fourth-order valence-corrected chi connectivity index (χ4v) is 5.62. The molecule has 174 valence electrons. The van der Waals surface area contributed by atoms with Crippen LogP contribution in [-0.4, -0.2) is 40.7 Å². The Hall–Kier alpha value is -2.70. The van der Waals surface area contributed by atoms with Crippen LogP contribution in [0.1, 0.15) is 36.0 Å². The average molecular weight is 475 g/mol. The molecule has 3 aliphatic heterocycles.